The van der Waals surface area contributed by atoms with Crippen LogP contribution in [0.4, 0.5) is 4.79 Å². The van der Waals surface area contributed by atoms with Crippen molar-refractivity contribution in [2.45, 2.75) is 26.0 Å². The summed E-state index contributed by atoms with van der Waals surface area (Å²) in [6.45, 7) is 1.86. The summed E-state index contributed by atoms with van der Waals surface area (Å²) in [6, 6.07) is 8.16. The van der Waals surface area contributed by atoms with E-state index in [0.29, 0.717) is 0 Å². The van der Waals surface area contributed by atoms with Gasteiger partial charge in [0.1, 0.15) is 19.1 Å². The average Bonchev–Trinajstić information content (AvgIpc) is 2.53. The molecule has 0 spiro atoms. The third kappa shape index (κ3) is 7.42. The molecule has 0 aromatic heterocycles. The normalized spacial score (nSPS) is 11.4. The average molecular weight is 323 g/mol. The summed E-state index contributed by atoms with van der Waals surface area (Å²) in [5.74, 6) is -1.14. The zero-order valence-electron chi connectivity index (χ0n) is 13.2. The maximum absolute atomic E-state index is 12.0. The van der Waals surface area contributed by atoms with Gasteiger partial charge in [-0.25, -0.2) is 4.79 Å². The van der Waals surface area contributed by atoms with Gasteiger partial charge in [0.25, 0.3) is 0 Å². The number of ether oxygens (including phenoxy) is 3. The fourth-order valence-electron chi connectivity index (χ4n) is 1.77. The van der Waals surface area contributed by atoms with Gasteiger partial charge < -0.3 is 19.5 Å². The number of carbonyl (C=O) groups excluding carboxylic acids is 3. The van der Waals surface area contributed by atoms with E-state index >= 15 is 0 Å². The first-order chi connectivity index (χ1) is 11.1. The van der Waals surface area contributed by atoms with Crippen LogP contribution in [0.5, 0.6) is 0 Å². The predicted octanol–water partition coefficient (Wildman–Crippen LogP) is 1.45. The van der Waals surface area contributed by atoms with Crippen molar-refractivity contribution in [1.82, 2.24) is 5.32 Å². The fourth-order valence-corrected chi connectivity index (χ4v) is 1.77. The molecule has 0 aliphatic rings. The highest BCUT2D eigenvalue weighted by molar-refractivity contribution is 5.99. The van der Waals surface area contributed by atoms with Gasteiger partial charge in [-0.1, -0.05) is 30.3 Å². The van der Waals surface area contributed by atoms with E-state index in [-0.39, 0.29) is 19.8 Å². The molecule has 126 valence electrons. The Kier molecular flexibility index (Phi) is 8.38. The zero-order chi connectivity index (χ0) is 17.1. The van der Waals surface area contributed by atoms with Crippen LogP contribution in [-0.2, 0) is 30.4 Å². The second kappa shape index (κ2) is 10.3. The van der Waals surface area contributed by atoms with Gasteiger partial charge in [-0.2, -0.15) is 0 Å². The van der Waals surface area contributed by atoms with Gasteiger partial charge in [0.05, 0.1) is 13.2 Å². The summed E-state index contributed by atoms with van der Waals surface area (Å²) < 4.78 is 14.6. The lowest BCUT2D eigenvalue weighted by Crippen LogP contribution is -2.44. The summed E-state index contributed by atoms with van der Waals surface area (Å²) in [5.41, 5.74) is 0.823. The van der Waals surface area contributed by atoms with Crippen molar-refractivity contribution in [3.8, 4) is 0 Å². The number of methoxy groups -OCH3 is 1. The second-order valence-corrected chi connectivity index (χ2v) is 4.66. The first-order valence-electron chi connectivity index (χ1n) is 7.21. The molecule has 0 unspecified atom stereocenters. The number of carbonyl (C=O) groups is 3. The number of ketones is 1. The summed E-state index contributed by atoms with van der Waals surface area (Å²) in [4.78, 5) is 35.1. The molecule has 1 aromatic rings. The maximum Gasteiger partial charge on any atom is 0.408 e. The number of nitrogens with one attached hydrogen (secondary N) is 1. The predicted molar refractivity (Wildman–Crippen MR) is 81.7 cm³/mol. The van der Waals surface area contributed by atoms with Crippen LogP contribution in [0, 0.1) is 0 Å². The van der Waals surface area contributed by atoms with Crippen molar-refractivity contribution in [3.63, 3.8) is 0 Å². The molecule has 0 aliphatic heterocycles. The molecule has 1 rings (SSSR count). The number of rotatable bonds is 9. The SMILES string of the molecule is CCOC(=O)CC(=O)[C@H](COC)NC(=O)OCc1ccccc1. The van der Waals surface area contributed by atoms with Crippen LogP contribution in [0.15, 0.2) is 30.3 Å². The Balaban J connectivity index is 2.48. The summed E-state index contributed by atoms with van der Waals surface area (Å²) in [7, 11) is 1.39. The zero-order valence-corrected chi connectivity index (χ0v) is 13.2. The van der Waals surface area contributed by atoms with Crippen LogP contribution in [0.3, 0.4) is 0 Å². The third-order valence-corrected chi connectivity index (χ3v) is 2.85. The Morgan fingerprint density at radius 1 is 1.13 bits per heavy atom. The van der Waals surface area contributed by atoms with Gasteiger partial charge in [-0.15, -0.1) is 0 Å². The number of Topliss-reactive ketones (excluding diaryl/α,β-unsaturated/α-hetero) is 1. The molecule has 0 bridgehead atoms. The molecule has 1 aromatic carbocycles. The minimum absolute atomic E-state index is 0.0569. The molecule has 7 heteroatoms. The Hall–Kier alpha value is -2.41. The summed E-state index contributed by atoms with van der Waals surface area (Å²) >= 11 is 0. The van der Waals surface area contributed by atoms with E-state index < -0.39 is 30.3 Å². The van der Waals surface area contributed by atoms with Crippen LogP contribution in [-0.4, -0.2) is 44.2 Å². The van der Waals surface area contributed by atoms with E-state index in [1.54, 1.807) is 6.92 Å². The molecular weight excluding hydrogens is 302 g/mol. The lowest BCUT2D eigenvalue weighted by molar-refractivity contribution is -0.146. The van der Waals surface area contributed by atoms with Gasteiger partial charge in [0.15, 0.2) is 5.78 Å². The molecule has 0 fully saturated rings. The Morgan fingerprint density at radius 3 is 2.43 bits per heavy atom. The smallest absolute Gasteiger partial charge is 0.408 e. The molecule has 0 heterocycles. The van der Waals surface area contributed by atoms with E-state index in [1.165, 1.54) is 7.11 Å². The molecule has 0 aliphatic carbocycles. The van der Waals surface area contributed by atoms with Gasteiger partial charge in [-0.05, 0) is 12.5 Å². The van der Waals surface area contributed by atoms with Crippen LogP contribution in [0.2, 0.25) is 0 Å². The lowest BCUT2D eigenvalue weighted by atomic mass is 10.1. The van der Waals surface area contributed by atoms with Gasteiger partial charge in [-0.3, -0.25) is 9.59 Å². The van der Waals surface area contributed by atoms with E-state index in [4.69, 9.17) is 14.2 Å². The van der Waals surface area contributed by atoms with Crippen molar-refractivity contribution in [3.05, 3.63) is 35.9 Å². The molecule has 23 heavy (non-hydrogen) atoms. The van der Waals surface area contributed by atoms with Crippen LogP contribution in [0.25, 0.3) is 0 Å². The topological polar surface area (TPSA) is 90.9 Å². The molecule has 0 radical (unpaired) electrons. The highest BCUT2D eigenvalue weighted by atomic mass is 16.5. The molecule has 1 atom stereocenters. The highest BCUT2D eigenvalue weighted by Gasteiger charge is 2.24. The Bertz CT molecular complexity index is 517. The molecular formula is C16H21NO6. The summed E-state index contributed by atoms with van der Waals surface area (Å²) in [6.07, 6.45) is -1.19. The first kappa shape index (κ1) is 18.6. The highest BCUT2D eigenvalue weighted by Crippen LogP contribution is 2.02. The Labute approximate surface area is 134 Å². The first-order valence-corrected chi connectivity index (χ1v) is 7.21. The third-order valence-electron chi connectivity index (χ3n) is 2.85. The molecule has 1 amide bonds. The number of benzene rings is 1. The van der Waals surface area contributed by atoms with Gasteiger partial charge in [0.2, 0.25) is 0 Å². The molecule has 1 N–H and O–H groups in total. The largest absolute Gasteiger partial charge is 0.466 e. The van der Waals surface area contributed by atoms with Gasteiger partial charge in [0, 0.05) is 7.11 Å². The quantitative estimate of drug-likeness (QED) is 0.546. The molecule has 0 saturated carbocycles. The number of esters is 1. The van der Waals surface area contributed by atoms with Crippen LogP contribution >= 0.6 is 0 Å². The minimum Gasteiger partial charge on any atom is -0.466 e. The van der Waals surface area contributed by atoms with Crippen molar-refractivity contribution in [2.24, 2.45) is 0 Å². The van der Waals surface area contributed by atoms with Crippen LogP contribution in [0.1, 0.15) is 18.9 Å². The van der Waals surface area contributed by atoms with Crippen LogP contribution < -0.4 is 5.32 Å². The number of alkyl carbamates (subject to hydrolysis) is 1. The standard InChI is InChI=1S/C16H21NO6/c1-3-22-15(19)9-14(18)13(11-21-2)17-16(20)23-10-12-7-5-4-6-8-12/h4-8,13H,3,9-11H2,1-2H3,(H,17,20)/t13-/m0/s1. The number of amides is 1. The summed E-state index contributed by atoms with van der Waals surface area (Å²) in [5, 5.41) is 2.39. The Morgan fingerprint density at radius 2 is 1.83 bits per heavy atom. The second-order valence-electron chi connectivity index (χ2n) is 4.66. The van der Waals surface area contributed by atoms with Crippen molar-refractivity contribution in [2.75, 3.05) is 20.3 Å². The van der Waals surface area contributed by atoms with E-state index in [1.807, 2.05) is 30.3 Å². The molecule has 7 nitrogen and oxygen atoms in total. The van der Waals surface area contributed by atoms with Gasteiger partial charge >= 0.3 is 12.1 Å². The molecule has 0 saturated heterocycles. The van der Waals surface area contributed by atoms with E-state index in [0.717, 1.165) is 5.56 Å². The fraction of sp³-hybridized carbons (Fsp3) is 0.438. The van der Waals surface area contributed by atoms with Crippen molar-refractivity contribution >= 4 is 17.8 Å². The van der Waals surface area contributed by atoms with E-state index in [2.05, 4.69) is 5.32 Å². The van der Waals surface area contributed by atoms with Crippen molar-refractivity contribution in [1.29, 1.82) is 0 Å². The number of hydrogen-bond donors (Lipinski definition) is 1. The number of hydrogen-bond acceptors (Lipinski definition) is 6. The van der Waals surface area contributed by atoms with Crippen molar-refractivity contribution < 1.29 is 28.6 Å². The lowest BCUT2D eigenvalue weighted by Gasteiger charge is -2.16. The maximum atomic E-state index is 12.0. The monoisotopic (exact) mass is 323 g/mol. The van der Waals surface area contributed by atoms with E-state index in [9.17, 15) is 14.4 Å². The minimum atomic E-state index is -0.965.